The first kappa shape index (κ1) is 32.7. The van der Waals surface area contributed by atoms with E-state index < -0.39 is 34.1 Å². The van der Waals surface area contributed by atoms with Crippen molar-refractivity contribution in [1.29, 1.82) is 0 Å². The van der Waals surface area contributed by atoms with Gasteiger partial charge < -0.3 is 10.2 Å². The molecule has 0 aliphatic heterocycles. The van der Waals surface area contributed by atoms with Gasteiger partial charge in [-0.15, -0.1) is 0 Å². The molecule has 2 amide bonds. The third-order valence-electron chi connectivity index (χ3n) is 6.28. The number of anilines is 1. The van der Waals surface area contributed by atoms with Gasteiger partial charge in [-0.2, -0.15) is 0 Å². The number of para-hydroxylation sites is 1. The van der Waals surface area contributed by atoms with E-state index in [0.29, 0.717) is 15.6 Å². The Morgan fingerprint density at radius 1 is 0.878 bits per heavy atom. The van der Waals surface area contributed by atoms with Crippen molar-refractivity contribution in [2.24, 2.45) is 0 Å². The number of hydrogen-bond acceptors (Lipinski definition) is 4. The zero-order valence-electron chi connectivity index (χ0n) is 23.6. The van der Waals surface area contributed by atoms with Gasteiger partial charge in [0, 0.05) is 27.7 Å². The van der Waals surface area contributed by atoms with Gasteiger partial charge >= 0.3 is 0 Å². The quantitative estimate of drug-likeness (QED) is 0.263. The van der Waals surface area contributed by atoms with Crippen molar-refractivity contribution in [3.63, 3.8) is 0 Å². The highest BCUT2D eigenvalue weighted by atomic mass is 35.5. The lowest BCUT2D eigenvalue weighted by atomic mass is 10.1. The van der Waals surface area contributed by atoms with Gasteiger partial charge in [-0.05, 0) is 70.5 Å². The lowest BCUT2D eigenvalue weighted by Crippen LogP contribution is -2.55. The highest BCUT2D eigenvalue weighted by Crippen LogP contribution is 2.32. The normalized spacial score (nSPS) is 12.5. The Kier molecular flexibility index (Phi) is 10.7. The maximum atomic E-state index is 14.2. The number of nitrogens with zero attached hydrogens (tertiary/aromatic N) is 2. The molecule has 220 valence electrons. The highest BCUT2D eigenvalue weighted by molar-refractivity contribution is 7.92. The summed E-state index contributed by atoms with van der Waals surface area (Å²) in [4.78, 5) is 28.9. The zero-order chi connectivity index (χ0) is 30.5. The minimum atomic E-state index is -4.24. The van der Waals surface area contributed by atoms with Crippen LogP contribution in [-0.4, -0.2) is 43.3 Å². The Morgan fingerprint density at radius 2 is 1.44 bits per heavy atom. The van der Waals surface area contributed by atoms with Gasteiger partial charge in [0.15, 0.2) is 0 Å². The summed E-state index contributed by atoms with van der Waals surface area (Å²) < 4.78 is 28.9. The number of aryl methyl sites for hydroxylation is 1. The van der Waals surface area contributed by atoms with E-state index in [0.717, 1.165) is 9.87 Å². The average Bonchev–Trinajstić information content (AvgIpc) is 2.88. The molecule has 0 unspecified atom stereocenters. The summed E-state index contributed by atoms with van der Waals surface area (Å²) in [5, 5.41) is 3.70. The number of hydrogen-bond donors (Lipinski definition) is 1. The molecule has 0 saturated heterocycles. The van der Waals surface area contributed by atoms with E-state index in [9.17, 15) is 18.0 Å². The van der Waals surface area contributed by atoms with Crippen LogP contribution in [0.5, 0.6) is 0 Å². The number of sulfonamides is 1. The number of carbonyl (C=O) groups is 2. The van der Waals surface area contributed by atoms with Gasteiger partial charge in [-0.25, -0.2) is 8.42 Å². The van der Waals surface area contributed by atoms with E-state index in [2.05, 4.69) is 5.32 Å². The van der Waals surface area contributed by atoms with Crippen LogP contribution in [0.4, 0.5) is 5.69 Å². The van der Waals surface area contributed by atoms with E-state index in [4.69, 9.17) is 34.8 Å². The number of benzene rings is 3. The number of halogens is 3. The molecule has 7 nitrogen and oxygen atoms in total. The Morgan fingerprint density at radius 3 is 1.98 bits per heavy atom. The minimum absolute atomic E-state index is 0.00552. The van der Waals surface area contributed by atoms with Crippen LogP contribution < -0.4 is 9.62 Å². The largest absolute Gasteiger partial charge is 0.350 e. The SMILES string of the molecule is CC[C@@H](C(=O)NC(C)(C)C)N(Cc1c(Cl)cccc1Cl)C(=O)CN(c1ccccc1Cl)S(=O)(=O)c1ccc(C)cc1. The van der Waals surface area contributed by atoms with Crippen LogP contribution in [-0.2, 0) is 26.2 Å². The van der Waals surface area contributed by atoms with Crippen molar-refractivity contribution < 1.29 is 18.0 Å². The molecule has 0 radical (unpaired) electrons. The monoisotopic (exact) mass is 637 g/mol. The number of amides is 2. The third-order valence-corrected chi connectivity index (χ3v) is 9.09. The predicted molar refractivity (Wildman–Crippen MR) is 166 cm³/mol. The van der Waals surface area contributed by atoms with Gasteiger partial charge in [0.25, 0.3) is 10.0 Å². The summed E-state index contributed by atoms with van der Waals surface area (Å²) in [6.45, 7) is 8.38. The number of carbonyl (C=O) groups excluding carboxylic acids is 2. The number of rotatable bonds is 10. The standard InChI is InChI=1S/C30H34Cl3N3O4S/c1-6-26(29(38)34-30(3,4)5)35(18-22-23(31)11-9-12-24(22)32)28(37)19-36(27-13-8-7-10-25(27)33)41(39,40)21-16-14-20(2)15-17-21/h7-17,26H,6,18-19H2,1-5H3,(H,34,38)/t26-/m0/s1. The average molecular weight is 639 g/mol. The van der Waals surface area contributed by atoms with E-state index >= 15 is 0 Å². The molecule has 0 saturated carbocycles. The summed E-state index contributed by atoms with van der Waals surface area (Å²) in [7, 11) is -4.24. The maximum Gasteiger partial charge on any atom is 0.264 e. The molecule has 3 aromatic rings. The van der Waals surface area contributed by atoms with Crippen molar-refractivity contribution in [1.82, 2.24) is 10.2 Å². The summed E-state index contributed by atoms with van der Waals surface area (Å²) in [6, 6.07) is 16.7. The van der Waals surface area contributed by atoms with Crippen LogP contribution in [0.25, 0.3) is 0 Å². The Balaban J connectivity index is 2.13. The van der Waals surface area contributed by atoms with Gasteiger partial charge in [-0.1, -0.05) is 77.6 Å². The first-order valence-electron chi connectivity index (χ1n) is 13.0. The van der Waals surface area contributed by atoms with E-state index in [1.165, 1.54) is 23.1 Å². The molecular formula is C30H34Cl3N3O4S. The smallest absolute Gasteiger partial charge is 0.264 e. The first-order valence-corrected chi connectivity index (χ1v) is 15.6. The van der Waals surface area contributed by atoms with Crippen molar-refractivity contribution in [2.45, 2.75) is 64.1 Å². The zero-order valence-corrected chi connectivity index (χ0v) is 26.7. The molecule has 3 aromatic carbocycles. The molecule has 0 aliphatic rings. The lowest BCUT2D eigenvalue weighted by Gasteiger charge is -2.35. The summed E-state index contributed by atoms with van der Waals surface area (Å²) in [6.07, 6.45) is 0.256. The van der Waals surface area contributed by atoms with Crippen molar-refractivity contribution >= 4 is 62.3 Å². The van der Waals surface area contributed by atoms with Crippen LogP contribution >= 0.6 is 34.8 Å². The fourth-order valence-electron chi connectivity index (χ4n) is 4.23. The Hall–Kier alpha value is -2.78. The molecule has 0 fully saturated rings. The van der Waals surface area contributed by atoms with Gasteiger partial charge in [0.1, 0.15) is 12.6 Å². The van der Waals surface area contributed by atoms with Crippen molar-refractivity contribution in [2.75, 3.05) is 10.8 Å². The molecule has 0 aromatic heterocycles. The molecule has 11 heteroatoms. The van der Waals surface area contributed by atoms with Crippen molar-refractivity contribution in [3.05, 3.63) is 92.9 Å². The Bertz CT molecular complexity index is 1490. The molecule has 0 heterocycles. The van der Waals surface area contributed by atoms with Crippen molar-refractivity contribution in [3.8, 4) is 0 Å². The molecule has 1 N–H and O–H groups in total. The summed E-state index contributed by atoms with van der Waals surface area (Å²) >= 11 is 19.4. The predicted octanol–water partition coefficient (Wildman–Crippen LogP) is 6.87. The van der Waals surface area contributed by atoms with E-state index in [-0.39, 0.29) is 34.5 Å². The van der Waals surface area contributed by atoms with E-state index in [1.54, 1.807) is 55.5 Å². The molecule has 1 atom stereocenters. The molecule has 3 rings (SSSR count). The van der Waals surface area contributed by atoms with Gasteiger partial charge in [0.05, 0.1) is 15.6 Å². The fraction of sp³-hybridized carbons (Fsp3) is 0.333. The second kappa shape index (κ2) is 13.5. The van der Waals surface area contributed by atoms with Gasteiger partial charge in [-0.3, -0.25) is 13.9 Å². The van der Waals surface area contributed by atoms with Crippen LogP contribution in [0.2, 0.25) is 15.1 Å². The molecular weight excluding hydrogens is 605 g/mol. The fourth-order valence-corrected chi connectivity index (χ4v) is 6.47. The van der Waals surface area contributed by atoms with Crippen LogP contribution in [0.3, 0.4) is 0 Å². The second-order valence-corrected chi connectivity index (χ2v) is 13.7. The summed E-state index contributed by atoms with van der Waals surface area (Å²) in [5.74, 6) is -1.02. The lowest BCUT2D eigenvalue weighted by molar-refractivity contribution is -0.141. The third kappa shape index (κ3) is 8.16. The molecule has 0 aliphatic carbocycles. The first-order chi connectivity index (χ1) is 19.2. The molecule has 41 heavy (non-hydrogen) atoms. The van der Waals surface area contributed by atoms with Crippen LogP contribution in [0.1, 0.15) is 45.2 Å². The minimum Gasteiger partial charge on any atom is -0.350 e. The molecule has 0 bridgehead atoms. The topological polar surface area (TPSA) is 86.8 Å². The van der Waals surface area contributed by atoms with Gasteiger partial charge in [0.2, 0.25) is 11.8 Å². The second-order valence-electron chi connectivity index (χ2n) is 10.7. The molecule has 0 spiro atoms. The van der Waals surface area contributed by atoms with Crippen LogP contribution in [0, 0.1) is 6.92 Å². The Labute approximate surface area is 257 Å². The maximum absolute atomic E-state index is 14.2. The summed E-state index contributed by atoms with van der Waals surface area (Å²) in [5.41, 5.74) is 0.880. The highest BCUT2D eigenvalue weighted by Gasteiger charge is 2.35. The number of nitrogens with one attached hydrogen (secondary N) is 1. The van der Waals surface area contributed by atoms with E-state index in [1.807, 2.05) is 27.7 Å². The van der Waals surface area contributed by atoms with Crippen LogP contribution in [0.15, 0.2) is 71.6 Å².